The zero-order valence-corrected chi connectivity index (χ0v) is 26.4. The third-order valence-corrected chi connectivity index (χ3v) is 8.33. The van der Waals surface area contributed by atoms with E-state index in [-0.39, 0.29) is 0 Å². The molecule has 0 atom stereocenters. The van der Waals surface area contributed by atoms with Crippen LogP contribution >= 0.6 is 0 Å². The van der Waals surface area contributed by atoms with Crippen molar-refractivity contribution in [2.75, 3.05) is 13.1 Å². The van der Waals surface area contributed by atoms with Crippen molar-refractivity contribution in [3.05, 3.63) is 0 Å². The summed E-state index contributed by atoms with van der Waals surface area (Å²) in [6.07, 6.45) is 39.9. The lowest BCUT2D eigenvalue weighted by atomic mass is 10.0. The minimum Gasteiger partial charge on any atom is -0.465 e. The second-order valence-corrected chi connectivity index (χ2v) is 12.2. The molecule has 0 aromatic heterocycles. The molecule has 0 aliphatic rings. The zero-order chi connectivity index (χ0) is 27.8. The van der Waals surface area contributed by atoms with Crippen molar-refractivity contribution in [2.45, 2.75) is 206 Å². The van der Waals surface area contributed by atoms with Crippen LogP contribution in [-0.4, -0.2) is 29.2 Å². The maximum Gasteiger partial charge on any atom is 0.407 e. The maximum absolute atomic E-state index is 11.6. The largest absolute Gasteiger partial charge is 0.465 e. The van der Waals surface area contributed by atoms with E-state index in [1.807, 2.05) is 0 Å². The lowest BCUT2D eigenvalue weighted by molar-refractivity contribution is 0.143. The van der Waals surface area contributed by atoms with Crippen molar-refractivity contribution in [1.82, 2.24) is 4.90 Å². The van der Waals surface area contributed by atoms with E-state index < -0.39 is 6.09 Å². The highest BCUT2D eigenvalue weighted by Crippen LogP contribution is 2.15. The van der Waals surface area contributed by atoms with Crippen molar-refractivity contribution in [3.8, 4) is 0 Å². The standard InChI is InChI=1S/C35H71NO2/c1-3-5-7-9-11-13-15-17-19-20-22-24-26-28-30-32-34-36(35(37)38)33-31-29-27-25-23-21-18-16-14-12-10-8-6-4-2/h3-34H2,1-2H3,(H,37,38). The zero-order valence-electron chi connectivity index (χ0n) is 26.4. The monoisotopic (exact) mass is 538 g/mol. The minimum absolute atomic E-state index is 0.722. The molecule has 0 radical (unpaired) electrons. The molecule has 3 heteroatoms. The van der Waals surface area contributed by atoms with Crippen LogP contribution in [0, 0.1) is 0 Å². The quantitative estimate of drug-likeness (QED) is 0.0867. The summed E-state index contributed by atoms with van der Waals surface area (Å²) in [4.78, 5) is 13.3. The summed E-state index contributed by atoms with van der Waals surface area (Å²) in [7, 11) is 0. The Morgan fingerprint density at radius 3 is 0.737 bits per heavy atom. The SMILES string of the molecule is CCCCCCCCCCCCCCCCCCN(CCCCCCCCCCCCCCCC)C(=O)O. The molecule has 1 amide bonds. The van der Waals surface area contributed by atoms with Crippen LogP contribution < -0.4 is 0 Å². The Kier molecular flexibility index (Phi) is 31.9. The molecule has 0 rings (SSSR count). The molecule has 3 nitrogen and oxygen atoms in total. The average molecular weight is 538 g/mol. The van der Waals surface area contributed by atoms with Gasteiger partial charge in [0.2, 0.25) is 0 Å². The first-order valence-electron chi connectivity index (χ1n) is 17.7. The molecule has 0 aromatic carbocycles. The number of amides is 1. The Labute approximate surface area is 240 Å². The van der Waals surface area contributed by atoms with Crippen LogP contribution in [0.4, 0.5) is 4.79 Å². The molecule has 1 N–H and O–H groups in total. The third kappa shape index (κ3) is 29.8. The predicted molar refractivity (Wildman–Crippen MR) is 169 cm³/mol. The fourth-order valence-electron chi connectivity index (χ4n) is 5.65. The Bertz CT molecular complexity index is 453. The van der Waals surface area contributed by atoms with Crippen molar-refractivity contribution in [3.63, 3.8) is 0 Å². The van der Waals surface area contributed by atoms with Gasteiger partial charge in [0.25, 0.3) is 0 Å². The molecule has 0 spiro atoms. The van der Waals surface area contributed by atoms with Gasteiger partial charge in [-0.2, -0.15) is 0 Å². The van der Waals surface area contributed by atoms with Gasteiger partial charge >= 0.3 is 6.09 Å². The fourth-order valence-corrected chi connectivity index (χ4v) is 5.65. The van der Waals surface area contributed by atoms with Gasteiger partial charge in [0.1, 0.15) is 0 Å². The van der Waals surface area contributed by atoms with Crippen LogP contribution in [-0.2, 0) is 0 Å². The number of hydrogen-bond acceptors (Lipinski definition) is 1. The topological polar surface area (TPSA) is 40.5 Å². The fraction of sp³-hybridized carbons (Fsp3) is 0.971. The number of hydrogen-bond donors (Lipinski definition) is 1. The first kappa shape index (κ1) is 37.3. The van der Waals surface area contributed by atoms with Crippen molar-refractivity contribution in [2.24, 2.45) is 0 Å². The number of unbranched alkanes of at least 4 members (excludes halogenated alkanes) is 28. The van der Waals surface area contributed by atoms with Crippen LogP contribution in [0.5, 0.6) is 0 Å². The van der Waals surface area contributed by atoms with Crippen molar-refractivity contribution >= 4 is 6.09 Å². The van der Waals surface area contributed by atoms with E-state index in [4.69, 9.17) is 0 Å². The summed E-state index contributed by atoms with van der Waals surface area (Å²) in [5.41, 5.74) is 0. The summed E-state index contributed by atoms with van der Waals surface area (Å²) in [5, 5.41) is 9.53. The first-order valence-corrected chi connectivity index (χ1v) is 17.7. The number of carboxylic acid groups (broad SMARTS) is 1. The highest BCUT2D eigenvalue weighted by atomic mass is 16.4. The molecule has 228 valence electrons. The molecule has 0 saturated carbocycles. The third-order valence-electron chi connectivity index (χ3n) is 8.33. The van der Waals surface area contributed by atoms with Crippen LogP contribution in [0.3, 0.4) is 0 Å². The average Bonchev–Trinajstić information content (AvgIpc) is 2.91. The van der Waals surface area contributed by atoms with Crippen LogP contribution in [0.15, 0.2) is 0 Å². The van der Waals surface area contributed by atoms with Gasteiger partial charge in [-0.25, -0.2) is 4.79 Å². The highest BCUT2D eigenvalue weighted by Gasteiger charge is 2.10. The lowest BCUT2D eigenvalue weighted by Gasteiger charge is -2.19. The molecule has 38 heavy (non-hydrogen) atoms. The maximum atomic E-state index is 11.6. The van der Waals surface area contributed by atoms with Gasteiger partial charge in [-0.15, -0.1) is 0 Å². The molecule has 0 aromatic rings. The van der Waals surface area contributed by atoms with E-state index in [1.54, 1.807) is 4.90 Å². The van der Waals surface area contributed by atoms with E-state index in [1.165, 1.54) is 180 Å². The van der Waals surface area contributed by atoms with E-state index >= 15 is 0 Å². The first-order chi connectivity index (χ1) is 18.7. The van der Waals surface area contributed by atoms with E-state index in [9.17, 15) is 9.90 Å². The number of carbonyl (C=O) groups is 1. The molecule has 0 heterocycles. The van der Waals surface area contributed by atoms with Gasteiger partial charge in [-0.1, -0.05) is 194 Å². The Morgan fingerprint density at radius 2 is 0.553 bits per heavy atom. The van der Waals surface area contributed by atoms with Gasteiger partial charge in [0, 0.05) is 13.1 Å². The Morgan fingerprint density at radius 1 is 0.368 bits per heavy atom. The predicted octanol–water partition coefficient (Wildman–Crippen LogP) is 12.7. The van der Waals surface area contributed by atoms with Gasteiger partial charge in [0.15, 0.2) is 0 Å². The van der Waals surface area contributed by atoms with E-state index in [0.717, 1.165) is 25.9 Å². The van der Waals surface area contributed by atoms with Crippen molar-refractivity contribution in [1.29, 1.82) is 0 Å². The van der Waals surface area contributed by atoms with Gasteiger partial charge in [-0.05, 0) is 12.8 Å². The second kappa shape index (κ2) is 32.5. The second-order valence-electron chi connectivity index (χ2n) is 12.2. The molecular formula is C35H71NO2. The van der Waals surface area contributed by atoms with Gasteiger partial charge < -0.3 is 10.0 Å². The molecule has 0 saturated heterocycles. The van der Waals surface area contributed by atoms with Crippen LogP contribution in [0.25, 0.3) is 0 Å². The summed E-state index contributed by atoms with van der Waals surface area (Å²) in [5.74, 6) is 0. The molecule has 0 aliphatic carbocycles. The Hall–Kier alpha value is -0.730. The van der Waals surface area contributed by atoms with Crippen molar-refractivity contribution < 1.29 is 9.90 Å². The Balaban J connectivity index is 3.38. The summed E-state index contributed by atoms with van der Waals surface area (Å²) < 4.78 is 0. The number of nitrogens with zero attached hydrogens (tertiary/aromatic N) is 1. The summed E-state index contributed by atoms with van der Waals surface area (Å²) >= 11 is 0. The van der Waals surface area contributed by atoms with Gasteiger partial charge in [-0.3, -0.25) is 0 Å². The van der Waals surface area contributed by atoms with Gasteiger partial charge in [0.05, 0.1) is 0 Å². The normalized spacial score (nSPS) is 11.3. The number of rotatable bonds is 32. The van der Waals surface area contributed by atoms with Crippen LogP contribution in [0.2, 0.25) is 0 Å². The summed E-state index contributed by atoms with van der Waals surface area (Å²) in [6, 6.07) is 0. The van der Waals surface area contributed by atoms with E-state index in [2.05, 4.69) is 13.8 Å². The molecule has 0 fully saturated rings. The highest BCUT2D eigenvalue weighted by molar-refractivity contribution is 5.64. The van der Waals surface area contributed by atoms with E-state index in [0.29, 0.717) is 0 Å². The summed E-state index contributed by atoms with van der Waals surface area (Å²) in [6.45, 7) is 6.03. The molecular weight excluding hydrogens is 466 g/mol. The molecule has 0 aliphatic heterocycles. The molecule has 0 bridgehead atoms. The van der Waals surface area contributed by atoms with Crippen LogP contribution in [0.1, 0.15) is 206 Å². The lowest BCUT2D eigenvalue weighted by Crippen LogP contribution is -2.31. The minimum atomic E-state index is -0.722. The smallest absolute Gasteiger partial charge is 0.407 e. The molecule has 0 unspecified atom stereocenters.